The van der Waals surface area contributed by atoms with E-state index in [1.807, 2.05) is 42.5 Å². The molecule has 3 aliphatic heterocycles. The number of aliphatic hydroxyl groups excluding tert-OH is 4. The summed E-state index contributed by atoms with van der Waals surface area (Å²) in [7, 11) is 0. The lowest BCUT2D eigenvalue weighted by molar-refractivity contribution is -0.277. The van der Waals surface area contributed by atoms with E-state index in [0.717, 1.165) is 35.5 Å². The molecule has 1 unspecified atom stereocenters. The minimum absolute atomic E-state index is 0.0281. The van der Waals surface area contributed by atoms with Crippen LogP contribution < -0.4 is 14.4 Å². The van der Waals surface area contributed by atoms with Crippen LogP contribution in [0.3, 0.4) is 0 Å². The Morgan fingerprint density at radius 1 is 0.951 bits per heavy atom. The maximum absolute atomic E-state index is 14.9. The third-order valence-corrected chi connectivity index (χ3v) is 8.35. The Morgan fingerprint density at radius 2 is 1.71 bits per heavy atom. The first-order valence-corrected chi connectivity index (χ1v) is 13.9. The summed E-state index contributed by atoms with van der Waals surface area (Å²) in [5.74, 6) is 0.786. The zero-order valence-electron chi connectivity index (χ0n) is 22.9. The molecule has 3 aromatic carbocycles. The van der Waals surface area contributed by atoms with Crippen molar-refractivity contribution in [2.75, 3.05) is 24.6 Å². The third kappa shape index (κ3) is 4.29. The van der Waals surface area contributed by atoms with E-state index in [2.05, 4.69) is 18.7 Å². The number of anilines is 1. The monoisotopic (exact) mass is 567 g/mol. The van der Waals surface area contributed by atoms with Crippen LogP contribution in [0.15, 0.2) is 54.6 Å². The van der Waals surface area contributed by atoms with Crippen molar-refractivity contribution in [2.24, 2.45) is 0 Å². The molecule has 4 N–H and O–H groups in total. The molecule has 6 atom stereocenters. The number of hydrogen-bond acceptors (Lipinski definition) is 9. The van der Waals surface area contributed by atoms with Gasteiger partial charge in [-0.3, -0.25) is 0 Å². The van der Waals surface area contributed by atoms with Gasteiger partial charge in [0.2, 0.25) is 6.29 Å². The average Bonchev–Trinajstić information content (AvgIpc) is 3.37. The summed E-state index contributed by atoms with van der Waals surface area (Å²) in [5.41, 5.74) is 3.35. The number of ether oxygens (including phenoxy) is 4. The first kappa shape index (κ1) is 27.9. The van der Waals surface area contributed by atoms with Gasteiger partial charge in [0.15, 0.2) is 5.60 Å². The van der Waals surface area contributed by atoms with Crippen LogP contribution in [0.2, 0.25) is 0 Å². The molecule has 9 nitrogen and oxygen atoms in total. The second kappa shape index (κ2) is 10.9. The van der Waals surface area contributed by atoms with Crippen molar-refractivity contribution in [3.05, 3.63) is 82.4 Å². The van der Waals surface area contributed by atoms with Crippen LogP contribution in [0, 0.1) is 0 Å². The Bertz CT molecular complexity index is 1430. The molecule has 41 heavy (non-hydrogen) atoms. The Hall–Kier alpha value is -3.25. The van der Waals surface area contributed by atoms with Crippen molar-refractivity contribution in [3.63, 3.8) is 0 Å². The van der Waals surface area contributed by atoms with Crippen molar-refractivity contribution in [1.82, 2.24) is 0 Å². The number of rotatable bonds is 7. The highest BCUT2D eigenvalue weighted by molar-refractivity contribution is 5.69. The van der Waals surface area contributed by atoms with Crippen molar-refractivity contribution < 1.29 is 43.8 Å². The molecule has 3 aromatic rings. The number of hydrogen-bond donors (Lipinski definition) is 4. The smallest absolute Gasteiger partial charge is 0.229 e. The predicted molar refractivity (Wildman–Crippen MR) is 147 cm³/mol. The summed E-state index contributed by atoms with van der Waals surface area (Å²) in [6, 6.07) is 17.2. The highest BCUT2D eigenvalue weighted by Crippen LogP contribution is 2.58. The molecule has 0 bridgehead atoms. The molecular formula is C31H34FNO8. The average molecular weight is 568 g/mol. The normalized spacial score (nSPS) is 28.0. The van der Waals surface area contributed by atoms with Gasteiger partial charge in [-0.15, -0.1) is 0 Å². The quantitative estimate of drug-likeness (QED) is 0.341. The molecule has 3 heterocycles. The molecule has 3 aliphatic rings. The molecule has 0 saturated carbocycles. The molecule has 1 fully saturated rings. The van der Waals surface area contributed by atoms with Crippen molar-refractivity contribution in [3.8, 4) is 17.2 Å². The second-order valence-electron chi connectivity index (χ2n) is 10.4. The first-order chi connectivity index (χ1) is 19.9. The van der Waals surface area contributed by atoms with E-state index >= 15 is 0 Å². The highest BCUT2D eigenvalue weighted by Gasteiger charge is 2.51. The van der Waals surface area contributed by atoms with Crippen LogP contribution in [0.4, 0.5) is 10.1 Å². The Balaban J connectivity index is 1.49. The topological polar surface area (TPSA) is 121 Å². The summed E-state index contributed by atoms with van der Waals surface area (Å²) in [6.45, 7) is 4.51. The van der Waals surface area contributed by atoms with Crippen LogP contribution in [0.5, 0.6) is 17.2 Å². The molecule has 0 aromatic heterocycles. The fourth-order valence-electron chi connectivity index (χ4n) is 6.16. The van der Waals surface area contributed by atoms with Gasteiger partial charge in [-0.05, 0) is 49.2 Å². The zero-order valence-corrected chi connectivity index (χ0v) is 22.9. The number of halogens is 1. The minimum atomic E-state index is -1.65. The SMILES string of the molecule is CCN(CC)c1ccc2c(c1)Oc1c(ccc(O[C@@H]3O[C@H](CO)[C@H](O)[C@H](O)[C@H]3O)c1CF)C21OCc2ccccc21. The first-order valence-electron chi connectivity index (χ1n) is 13.9. The van der Waals surface area contributed by atoms with Crippen LogP contribution in [-0.2, 0) is 28.4 Å². The molecule has 0 radical (unpaired) electrons. The molecular weight excluding hydrogens is 533 g/mol. The lowest BCUT2D eigenvalue weighted by Crippen LogP contribution is -2.60. The fourth-order valence-corrected chi connectivity index (χ4v) is 6.16. The van der Waals surface area contributed by atoms with Gasteiger partial charge in [-0.2, -0.15) is 0 Å². The van der Waals surface area contributed by atoms with E-state index < -0.39 is 49.6 Å². The van der Waals surface area contributed by atoms with Gasteiger partial charge < -0.3 is 44.3 Å². The van der Waals surface area contributed by atoms with Crippen molar-refractivity contribution >= 4 is 5.69 Å². The number of nitrogens with zero attached hydrogens (tertiary/aromatic N) is 1. The zero-order chi connectivity index (χ0) is 28.9. The summed E-state index contributed by atoms with van der Waals surface area (Å²) in [6.07, 6.45) is -7.47. The summed E-state index contributed by atoms with van der Waals surface area (Å²) in [5, 5.41) is 40.5. The van der Waals surface area contributed by atoms with E-state index in [-0.39, 0.29) is 17.1 Å². The Morgan fingerprint density at radius 3 is 2.44 bits per heavy atom. The number of benzene rings is 3. The third-order valence-electron chi connectivity index (χ3n) is 8.35. The lowest BCUT2D eigenvalue weighted by Gasteiger charge is -2.41. The largest absolute Gasteiger partial charge is 0.461 e. The van der Waals surface area contributed by atoms with E-state index in [1.54, 1.807) is 12.1 Å². The van der Waals surface area contributed by atoms with Crippen LogP contribution in [0.25, 0.3) is 0 Å². The van der Waals surface area contributed by atoms with E-state index in [9.17, 15) is 24.8 Å². The van der Waals surface area contributed by atoms with Gasteiger partial charge in [-0.1, -0.05) is 24.3 Å². The maximum Gasteiger partial charge on any atom is 0.229 e. The molecule has 6 rings (SSSR count). The predicted octanol–water partition coefficient (Wildman–Crippen LogP) is 3.11. The fraction of sp³-hybridized carbons (Fsp3) is 0.419. The summed E-state index contributed by atoms with van der Waals surface area (Å²) >= 11 is 0. The standard InChI is InChI=1S/C31H34FNO8/c1-3-33(4-2)18-9-10-21-24(13-18)39-29-19(14-32)23(40-30-28(37)27(36)26(35)25(15-34)41-30)12-11-22(29)31(21)20-8-6-5-7-17(20)16-38-31/h5-13,25-28,30,34-37H,3-4,14-16H2,1-2H3/t25-,26+,27+,28-,30-,31?/m1/s1. The number of alkyl halides is 1. The van der Waals surface area contributed by atoms with Gasteiger partial charge >= 0.3 is 0 Å². The van der Waals surface area contributed by atoms with E-state index in [4.69, 9.17) is 18.9 Å². The van der Waals surface area contributed by atoms with Crippen LogP contribution in [0.1, 0.15) is 41.7 Å². The van der Waals surface area contributed by atoms with E-state index in [1.165, 1.54) is 0 Å². The number of aliphatic hydroxyl groups is 4. The lowest BCUT2D eigenvalue weighted by atomic mass is 9.77. The second-order valence-corrected chi connectivity index (χ2v) is 10.4. The van der Waals surface area contributed by atoms with Crippen LogP contribution in [-0.4, -0.2) is 70.8 Å². The molecule has 218 valence electrons. The summed E-state index contributed by atoms with van der Waals surface area (Å²) in [4.78, 5) is 2.18. The summed E-state index contributed by atoms with van der Waals surface area (Å²) < 4.78 is 39.4. The van der Waals surface area contributed by atoms with Gasteiger partial charge in [-0.25, -0.2) is 4.39 Å². The molecule has 1 spiro atoms. The van der Waals surface area contributed by atoms with Crippen LogP contribution >= 0.6 is 0 Å². The van der Waals surface area contributed by atoms with Crippen molar-refractivity contribution in [1.29, 1.82) is 0 Å². The van der Waals surface area contributed by atoms with E-state index in [0.29, 0.717) is 17.9 Å². The maximum atomic E-state index is 14.9. The molecule has 10 heteroatoms. The number of fused-ring (bicyclic) bond motifs is 6. The minimum Gasteiger partial charge on any atom is -0.461 e. The Kier molecular flexibility index (Phi) is 7.39. The Labute approximate surface area is 237 Å². The van der Waals surface area contributed by atoms with Gasteiger partial charge in [0.1, 0.15) is 48.3 Å². The van der Waals surface area contributed by atoms with Crippen molar-refractivity contribution in [2.45, 2.75) is 63.4 Å². The molecule has 0 amide bonds. The highest BCUT2D eigenvalue weighted by atomic mass is 19.1. The molecule has 1 saturated heterocycles. The van der Waals surface area contributed by atoms with Gasteiger partial charge in [0, 0.05) is 36.0 Å². The molecule has 0 aliphatic carbocycles. The van der Waals surface area contributed by atoms with Gasteiger partial charge in [0.25, 0.3) is 0 Å². The van der Waals surface area contributed by atoms with Gasteiger partial charge in [0.05, 0.1) is 18.8 Å².